The Morgan fingerprint density at radius 3 is 2.44 bits per heavy atom. The molecule has 0 saturated heterocycles. The molecule has 2 unspecified atom stereocenters. The van der Waals surface area contributed by atoms with Crippen molar-refractivity contribution >= 4 is 10.5 Å². The minimum Gasteiger partial charge on any atom is -0.423 e. The molecule has 54 valence electrons. The summed E-state index contributed by atoms with van der Waals surface area (Å²) in [5, 5.41) is 0. The topological polar surface area (TPSA) is 35.2 Å². The standard InChI is InChI=1S/C6H15NOSi/c7-5-3-1-2-4-6(5)8-9/h5-6H,1-4,7H2,9H3. The lowest BCUT2D eigenvalue weighted by molar-refractivity contribution is 0.145. The van der Waals surface area contributed by atoms with Gasteiger partial charge in [-0.25, -0.2) is 0 Å². The highest BCUT2D eigenvalue weighted by molar-refractivity contribution is 5.98. The average Bonchev–Trinajstić information content (AvgIpc) is 1.89. The minimum atomic E-state index is 0.330. The molecule has 2 nitrogen and oxygen atoms in total. The first-order valence-electron chi connectivity index (χ1n) is 3.63. The minimum absolute atomic E-state index is 0.330. The first kappa shape index (κ1) is 7.25. The molecule has 0 amide bonds. The smallest absolute Gasteiger partial charge is 0.146 e. The number of nitrogens with two attached hydrogens (primary N) is 1. The van der Waals surface area contributed by atoms with Crippen molar-refractivity contribution in [2.75, 3.05) is 0 Å². The van der Waals surface area contributed by atoms with Crippen LogP contribution in [0.4, 0.5) is 0 Å². The van der Waals surface area contributed by atoms with Crippen molar-refractivity contribution < 1.29 is 4.43 Å². The largest absolute Gasteiger partial charge is 0.423 e. The monoisotopic (exact) mass is 145 g/mol. The maximum absolute atomic E-state index is 5.79. The van der Waals surface area contributed by atoms with Gasteiger partial charge in [-0.1, -0.05) is 12.8 Å². The fourth-order valence-electron chi connectivity index (χ4n) is 1.42. The Morgan fingerprint density at radius 1 is 1.33 bits per heavy atom. The summed E-state index contributed by atoms with van der Waals surface area (Å²) in [6.07, 6.45) is 5.34. The van der Waals surface area contributed by atoms with Crippen LogP contribution in [0.2, 0.25) is 0 Å². The molecule has 2 atom stereocenters. The van der Waals surface area contributed by atoms with Gasteiger partial charge in [0.1, 0.15) is 10.5 Å². The zero-order chi connectivity index (χ0) is 6.69. The van der Waals surface area contributed by atoms with Gasteiger partial charge in [-0.2, -0.15) is 0 Å². The Labute approximate surface area is 59.3 Å². The van der Waals surface area contributed by atoms with E-state index in [0.29, 0.717) is 12.1 Å². The van der Waals surface area contributed by atoms with Gasteiger partial charge in [0.15, 0.2) is 0 Å². The van der Waals surface area contributed by atoms with Gasteiger partial charge in [-0.3, -0.25) is 0 Å². The first-order chi connectivity index (χ1) is 4.34. The van der Waals surface area contributed by atoms with Crippen LogP contribution >= 0.6 is 0 Å². The third-order valence-electron chi connectivity index (χ3n) is 2.06. The molecule has 1 aliphatic rings. The maximum atomic E-state index is 5.79. The van der Waals surface area contributed by atoms with Gasteiger partial charge >= 0.3 is 0 Å². The molecule has 0 aromatic heterocycles. The van der Waals surface area contributed by atoms with Gasteiger partial charge in [-0.15, -0.1) is 0 Å². The summed E-state index contributed by atoms with van der Waals surface area (Å²) < 4.78 is 5.32. The molecular weight excluding hydrogens is 130 g/mol. The van der Waals surface area contributed by atoms with Gasteiger partial charge in [0, 0.05) is 6.04 Å². The Morgan fingerprint density at radius 2 is 2.00 bits per heavy atom. The van der Waals surface area contributed by atoms with Crippen LogP contribution in [0, 0.1) is 0 Å². The second-order valence-corrected chi connectivity index (χ2v) is 3.19. The Balaban J connectivity index is 2.30. The summed E-state index contributed by atoms with van der Waals surface area (Å²) in [5.41, 5.74) is 5.79. The van der Waals surface area contributed by atoms with Crippen molar-refractivity contribution in [3.05, 3.63) is 0 Å². The van der Waals surface area contributed by atoms with Crippen LogP contribution in [-0.2, 0) is 4.43 Å². The van der Waals surface area contributed by atoms with E-state index in [1.54, 1.807) is 0 Å². The van der Waals surface area contributed by atoms with E-state index in [1.807, 2.05) is 0 Å². The maximum Gasteiger partial charge on any atom is 0.146 e. The average molecular weight is 145 g/mol. The van der Waals surface area contributed by atoms with Gasteiger partial charge < -0.3 is 10.2 Å². The highest BCUT2D eigenvalue weighted by atomic mass is 28.2. The fraction of sp³-hybridized carbons (Fsp3) is 1.00. The molecule has 1 saturated carbocycles. The molecule has 0 aromatic carbocycles. The normalized spacial score (nSPS) is 37.0. The van der Waals surface area contributed by atoms with Crippen LogP contribution in [0.15, 0.2) is 0 Å². The van der Waals surface area contributed by atoms with Crippen LogP contribution in [0.3, 0.4) is 0 Å². The molecule has 1 aliphatic carbocycles. The lowest BCUT2D eigenvalue weighted by Gasteiger charge is -2.27. The van der Waals surface area contributed by atoms with Crippen molar-refractivity contribution in [3.63, 3.8) is 0 Å². The second kappa shape index (κ2) is 3.34. The molecule has 2 N–H and O–H groups in total. The van der Waals surface area contributed by atoms with Gasteiger partial charge in [0.25, 0.3) is 0 Å². The van der Waals surface area contributed by atoms with Crippen molar-refractivity contribution in [1.82, 2.24) is 0 Å². The van der Waals surface area contributed by atoms with Crippen LogP contribution < -0.4 is 5.73 Å². The van der Waals surface area contributed by atoms with E-state index in [1.165, 1.54) is 19.3 Å². The Kier molecular flexibility index (Phi) is 2.69. The molecule has 0 aliphatic heterocycles. The molecule has 1 fully saturated rings. The van der Waals surface area contributed by atoms with Crippen molar-refractivity contribution in [3.8, 4) is 0 Å². The Bertz CT molecular complexity index is 89.1. The highest BCUT2D eigenvalue weighted by Gasteiger charge is 2.19. The molecule has 0 radical (unpaired) electrons. The van der Waals surface area contributed by atoms with Crippen LogP contribution in [0.25, 0.3) is 0 Å². The third-order valence-corrected chi connectivity index (χ3v) is 2.66. The quantitative estimate of drug-likeness (QED) is 0.507. The summed E-state index contributed by atoms with van der Waals surface area (Å²) >= 11 is 0. The summed E-state index contributed by atoms with van der Waals surface area (Å²) in [6, 6.07) is 0.330. The summed E-state index contributed by atoms with van der Waals surface area (Å²) in [5.74, 6) is 0. The van der Waals surface area contributed by atoms with Crippen LogP contribution in [0.1, 0.15) is 25.7 Å². The molecule has 3 heteroatoms. The van der Waals surface area contributed by atoms with Gasteiger partial charge in [0.2, 0.25) is 0 Å². The van der Waals surface area contributed by atoms with Crippen molar-refractivity contribution in [2.45, 2.75) is 37.8 Å². The molecule has 0 bridgehead atoms. The number of hydrogen-bond donors (Lipinski definition) is 1. The zero-order valence-corrected chi connectivity index (χ0v) is 7.97. The second-order valence-electron chi connectivity index (χ2n) is 2.72. The molecule has 0 spiro atoms. The summed E-state index contributed by atoms with van der Waals surface area (Å²) in [4.78, 5) is 0. The van der Waals surface area contributed by atoms with E-state index < -0.39 is 0 Å². The zero-order valence-electron chi connectivity index (χ0n) is 5.97. The van der Waals surface area contributed by atoms with Gasteiger partial charge in [-0.05, 0) is 12.8 Å². The van der Waals surface area contributed by atoms with E-state index in [9.17, 15) is 0 Å². The van der Waals surface area contributed by atoms with E-state index >= 15 is 0 Å². The number of rotatable bonds is 1. The van der Waals surface area contributed by atoms with Gasteiger partial charge in [0.05, 0.1) is 6.10 Å². The molecule has 9 heavy (non-hydrogen) atoms. The molecular formula is C6H15NOSi. The lowest BCUT2D eigenvalue weighted by Crippen LogP contribution is -2.38. The van der Waals surface area contributed by atoms with Crippen molar-refractivity contribution in [1.29, 1.82) is 0 Å². The number of hydrogen-bond acceptors (Lipinski definition) is 2. The van der Waals surface area contributed by atoms with E-state index in [4.69, 9.17) is 10.2 Å². The van der Waals surface area contributed by atoms with Crippen LogP contribution in [0.5, 0.6) is 0 Å². The predicted molar refractivity (Wildman–Crippen MR) is 41.3 cm³/mol. The first-order valence-corrected chi connectivity index (χ1v) is 4.44. The lowest BCUT2D eigenvalue weighted by atomic mass is 9.93. The molecule has 1 rings (SSSR count). The summed E-state index contributed by atoms with van der Waals surface area (Å²) in [7, 11) is 0.838. The SMILES string of the molecule is NC1CCCCC1O[SiH3]. The predicted octanol–water partition coefficient (Wildman–Crippen LogP) is -0.447. The van der Waals surface area contributed by atoms with E-state index in [2.05, 4.69) is 0 Å². The highest BCUT2D eigenvalue weighted by Crippen LogP contribution is 2.18. The fourth-order valence-corrected chi connectivity index (χ4v) is 2.00. The molecule has 0 aromatic rings. The summed E-state index contributed by atoms with van der Waals surface area (Å²) in [6.45, 7) is 0. The third kappa shape index (κ3) is 1.78. The van der Waals surface area contributed by atoms with Crippen molar-refractivity contribution in [2.24, 2.45) is 5.73 Å². The Hall–Kier alpha value is 0.137. The van der Waals surface area contributed by atoms with E-state index in [-0.39, 0.29) is 0 Å². The van der Waals surface area contributed by atoms with Crippen LogP contribution in [-0.4, -0.2) is 22.6 Å². The molecule has 0 heterocycles. The van der Waals surface area contributed by atoms with E-state index in [0.717, 1.165) is 16.9 Å².